The molecule has 0 atom stereocenters. The Morgan fingerprint density at radius 1 is 1.36 bits per heavy atom. The van der Waals surface area contributed by atoms with E-state index in [1.807, 2.05) is 6.07 Å². The van der Waals surface area contributed by atoms with Crippen molar-refractivity contribution in [3.05, 3.63) is 56.2 Å². The fourth-order valence-corrected chi connectivity index (χ4v) is 2.50. The molecule has 0 saturated carbocycles. The summed E-state index contributed by atoms with van der Waals surface area (Å²) in [5, 5.41) is 18.7. The second-order valence-electron chi connectivity index (χ2n) is 5.30. The largest absolute Gasteiger partial charge is 0.508 e. The van der Waals surface area contributed by atoms with Crippen LogP contribution in [-0.2, 0) is 6.54 Å². The van der Waals surface area contributed by atoms with Crippen LogP contribution in [-0.4, -0.2) is 14.7 Å². The summed E-state index contributed by atoms with van der Waals surface area (Å²) < 4.78 is 6.37. The monoisotopic (exact) mass is 333 g/mol. The van der Waals surface area contributed by atoms with E-state index in [-0.39, 0.29) is 34.8 Å². The maximum absolute atomic E-state index is 12.5. The standard InChI is InChI=1S/C18H11N3O4/c1-3-6-21-15(7-10(2)13(9-19)17(21)23)16-20-14-5-4-11(22)8-12(14)18(24)25-16/h1,4-5,7-8,22H,6H2,2H3. The van der Waals surface area contributed by atoms with Crippen LogP contribution < -0.4 is 11.2 Å². The number of pyridine rings is 1. The van der Waals surface area contributed by atoms with Crippen LogP contribution in [0.1, 0.15) is 11.1 Å². The number of nitrogens with zero attached hydrogens (tertiary/aromatic N) is 3. The third-order valence-electron chi connectivity index (χ3n) is 3.69. The van der Waals surface area contributed by atoms with Gasteiger partial charge in [-0.25, -0.2) is 9.78 Å². The van der Waals surface area contributed by atoms with Crippen molar-refractivity contribution < 1.29 is 9.52 Å². The number of rotatable bonds is 2. The van der Waals surface area contributed by atoms with Crippen molar-refractivity contribution in [1.82, 2.24) is 9.55 Å². The molecule has 0 aliphatic heterocycles. The quantitative estimate of drug-likeness (QED) is 0.712. The Kier molecular flexibility index (Phi) is 3.84. The van der Waals surface area contributed by atoms with E-state index in [0.717, 1.165) is 4.57 Å². The van der Waals surface area contributed by atoms with E-state index < -0.39 is 11.2 Å². The molecule has 3 rings (SSSR count). The number of nitriles is 1. The lowest BCUT2D eigenvalue weighted by atomic mass is 10.1. The molecule has 2 heterocycles. The first-order valence-electron chi connectivity index (χ1n) is 7.18. The van der Waals surface area contributed by atoms with E-state index in [1.165, 1.54) is 24.3 Å². The average molecular weight is 333 g/mol. The number of terminal acetylenes is 1. The predicted molar refractivity (Wildman–Crippen MR) is 89.9 cm³/mol. The lowest BCUT2D eigenvalue weighted by Crippen LogP contribution is -2.25. The molecule has 0 saturated heterocycles. The van der Waals surface area contributed by atoms with Gasteiger partial charge >= 0.3 is 5.63 Å². The van der Waals surface area contributed by atoms with Gasteiger partial charge in [0.25, 0.3) is 5.56 Å². The molecule has 2 aromatic heterocycles. The van der Waals surface area contributed by atoms with Gasteiger partial charge in [-0.05, 0) is 36.8 Å². The molecule has 0 aliphatic rings. The average Bonchev–Trinajstić information content (AvgIpc) is 2.58. The van der Waals surface area contributed by atoms with Gasteiger partial charge in [0.05, 0.1) is 17.4 Å². The van der Waals surface area contributed by atoms with Crippen LogP contribution in [0.15, 0.2) is 38.3 Å². The summed E-state index contributed by atoms with van der Waals surface area (Å²) in [6.45, 7) is 1.49. The van der Waals surface area contributed by atoms with Crippen molar-refractivity contribution in [3.8, 4) is 35.7 Å². The second kappa shape index (κ2) is 5.99. The van der Waals surface area contributed by atoms with Crippen molar-refractivity contribution in [2.24, 2.45) is 0 Å². The second-order valence-corrected chi connectivity index (χ2v) is 5.30. The lowest BCUT2D eigenvalue weighted by Gasteiger charge is -2.11. The molecule has 0 aliphatic carbocycles. The van der Waals surface area contributed by atoms with Gasteiger partial charge in [0.2, 0.25) is 5.89 Å². The fraction of sp³-hybridized carbons (Fsp3) is 0.111. The molecule has 3 aromatic rings. The van der Waals surface area contributed by atoms with Crippen LogP contribution in [0.25, 0.3) is 22.5 Å². The van der Waals surface area contributed by atoms with Gasteiger partial charge in [-0.15, -0.1) is 6.42 Å². The number of aromatic nitrogens is 2. The molecule has 7 nitrogen and oxygen atoms in total. The molecule has 0 bridgehead atoms. The lowest BCUT2D eigenvalue weighted by molar-refractivity contribution is 0.474. The van der Waals surface area contributed by atoms with Gasteiger partial charge in [0.1, 0.15) is 23.1 Å². The maximum Gasteiger partial charge on any atom is 0.347 e. The number of hydrogen-bond donors (Lipinski definition) is 1. The minimum Gasteiger partial charge on any atom is -0.508 e. The van der Waals surface area contributed by atoms with Crippen LogP contribution in [0, 0.1) is 30.6 Å². The van der Waals surface area contributed by atoms with Crippen LogP contribution >= 0.6 is 0 Å². The summed E-state index contributed by atoms with van der Waals surface area (Å²) in [5.74, 6) is 2.15. The molecule has 1 aromatic carbocycles. The van der Waals surface area contributed by atoms with Gasteiger partial charge in [0.15, 0.2) is 0 Å². The van der Waals surface area contributed by atoms with Gasteiger partial charge in [-0.2, -0.15) is 5.26 Å². The van der Waals surface area contributed by atoms with Gasteiger partial charge < -0.3 is 9.52 Å². The highest BCUT2D eigenvalue weighted by molar-refractivity contribution is 5.79. The molecule has 7 heteroatoms. The molecule has 0 spiro atoms. The molecule has 0 radical (unpaired) electrons. The Morgan fingerprint density at radius 2 is 2.12 bits per heavy atom. The van der Waals surface area contributed by atoms with Gasteiger partial charge in [-0.3, -0.25) is 9.36 Å². The van der Waals surface area contributed by atoms with Crippen LogP contribution in [0.2, 0.25) is 0 Å². The fourth-order valence-electron chi connectivity index (χ4n) is 2.50. The number of hydrogen-bond acceptors (Lipinski definition) is 6. The van der Waals surface area contributed by atoms with E-state index >= 15 is 0 Å². The molecular formula is C18H11N3O4. The Bertz CT molecular complexity index is 1210. The summed E-state index contributed by atoms with van der Waals surface area (Å²) in [7, 11) is 0. The molecule has 122 valence electrons. The molecule has 0 amide bonds. The first-order chi connectivity index (χ1) is 12.0. The molecule has 1 N–H and O–H groups in total. The number of fused-ring (bicyclic) bond motifs is 1. The first kappa shape index (κ1) is 16.0. The van der Waals surface area contributed by atoms with E-state index in [4.69, 9.17) is 16.1 Å². The van der Waals surface area contributed by atoms with Crippen molar-refractivity contribution in [2.45, 2.75) is 13.5 Å². The Labute approximate surface area is 141 Å². The van der Waals surface area contributed by atoms with Crippen molar-refractivity contribution >= 4 is 10.9 Å². The molecular weight excluding hydrogens is 322 g/mol. The summed E-state index contributed by atoms with van der Waals surface area (Å²) in [5.41, 5.74) is -0.404. The first-order valence-corrected chi connectivity index (χ1v) is 7.18. The summed E-state index contributed by atoms with van der Waals surface area (Å²) in [6.07, 6.45) is 5.31. The van der Waals surface area contributed by atoms with Gasteiger partial charge in [-0.1, -0.05) is 5.92 Å². The summed E-state index contributed by atoms with van der Waals surface area (Å²) >= 11 is 0. The third kappa shape index (κ3) is 2.64. The zero-order chi connectivity index (χ0) is 18.1. The zero-order valence-electron chi connectivity index (χ0n) is 13.1. The Balaban J connectivity index is 2.37. The van der Waals surface area contributed by atoms with Crippen LogP contribution in [0.5, 0.6) is 5.75 Å². The van der Waals surface area contributed by atoms with E-state index in [9.17, 15) is 14.7 Å². The SMILES string of the molecule is C#CCn1c(-c2nc3ccc(O)cc3c(=O)o2)cc(C)c(C#N)c1=O. The minimum atomic E-state index is -0.711. The van der Waals surface area contributed by atoms with Crippen LogP contribution in [0.4, 0.5) is 0 Å². The van der Waals surface area contributed by atoms with E-state index in [2.05, 4.69) is 10.9 Å². The highest BCUT2D eigenvalue weighted by Gasteiger charge is 2.17. The summed E-state index contributed by atoms with van der Waals surface area (Å²) in [4.78, 5) is 28.9. The third-order valence-corrected chi connectivity index (χ3v) is 3.69. The molecule has 25 heavy (non-hydrogen) atoms. The van der Waals surface area contributed by atoms with E-state index in [1.54, 1.807) is 6.92 Å². The number of benzene rings is 1. The number of aromatic hydroxyl groups is 1. The van der Waals surface area contributed by atoms with Gasteiger partial charge in [0, 0.05) is 0 Å². The minimum absolute atomic E-state index is 0.0351. The van der Waals surface area contributed by atoms with Crippen molar-refractivity contribution in [1.29, 1.82) is 5.26 Å². The van der Waals surface area contributed by atoms with Crippen molar-refractivity contribution in [3.63, 3.8) is 0 Å². The highest BCUT2D eigenvalue weighted by Crippen LogP contribution is 2.21. The topological polar surface area (TPSA) is 109 Å². The predicted octanol–water partition coefficient (Wildman–Crippen LogP) is 1.54. The normalized spacial score (nSPS) is 10.4. The zero-order valence-corrected chi connectivity index (χ0v) is 13.1. The maximum atomic E-state index is 12.5. The number of aryl methyl sites for hydroxylation is 1. The van der Waals surface area contributed by atoms with Crippen molar-refractivity contribution in [2.75, 3.05) is 0 Å². The highest BCUT2D eigenvalue weighted by atomic mass is 16.4. The smallest absolute Gasteiger partial charge is 0.347 e. The number of phenolic OH excluding ortho intramolecular Hbond substituents is 1. The van der Waals surface area contributed by atoms with E-state index in [0.29, 0.717) is 11.1 Å². The van der Waals surface area contributed by atoms with Crippen LogP contribution in [0.3, 0.4) is 0 Å². The summed E-state index contributed by atoms with van der Waals surface area (Å²) in [6, 6.07) is 7.46. The number of phenols is 1. The molecule has 0 fully saturated rings. The Hall–Kier alpha value is -3.84. The molecule has 0 unspecified atom stereocenters. The Morgan fingerprint density at radius 3 is 2.80 bits per heavy atom.